The molecule has 1 atom stereocenters. The van der Waals surface area contributed by atoms with Crippen molar-refractivity contribution >= 4 is 18.0 Å². The van der Waals surface area contributed by atoms with Crippen LogP contribution in [0.2, 0.25) is 0 Å². The molecule has 15 heavy (non-hydrogen) atoms. The fourth-order valence-corrected chi connectivity index (χ4v) is 1.23. The maximum absolute atomic E-state index is 11.1. The van der Waals surface area contributed by atoms with Gasteiger partial charge in [0.1, 0.15) is 6.04 Å². The van der Waals surface area contributed by atoms with Crippen LogP contribution in [0.15, 0.2) is 0 Å². The van der Waals surface area contributed by atoms with Crippen LogP contribution in [0.25, 0.3) is 0 Å². The summed E-state index contributed by atoms with van der Waals surface area (Å²) < 4.78 is 4.36. The molecule has 1 fully saturated rings. The van der Waals surface area contributed by atoms with Crippen molar-refractivity contribution in [2.24, 2.45) is 0 Å². The number of rotatable bonds is 4. The molecule has 1 saturated heterocycles. The Labute approximate surface area is 86.5 Å². The first kappa shape index (κ1) is 11.3. The van der Waals surface area contributed by atoms with E-state index in [4.69, 9.17) is 0 Å². The molecule has 0 spiro atoms. The molecular formula is C8H13N3O4. The molecule has 84 valence electrons. The lowest BCUT2D eigenvalue weighted by Gasteiger charge is -2.07. The van der Waals surface area contributed by atoms with E-state index in [0.717, 1.165) is 0 Å². The molecule has 7 heteroatoms. The van der Waals surface area contributed by atoms with E-state index in [2.05, 4.69) is 20.7 Å². The predicted molar refractivity (Wildman–Crippen MR) is 50.1 cm³/mol. The van der Waals surface area contributed by atoms with Crippen molar-refractivity contribution in [3.63, 3.8) is 0 Å². The van der Waals surface area contributed by atoms with Gasteiger partial charge in [0.2, 0.25) is 0 Å². The van der Waals surface area contributed by atoms with E-state index in [1.54, 1.807) is 0 Å². The third kappa shape index (κ3) is 3.45. The van der Waals surface area contributed by atoms with Crippen LogP contribution in [-0.4, -0.2) is 37.7 Å². The number of amides is 4. The normalized spacial score (nSPS) is 19.4. The summed E-state index contributed by atoms with van der Waals surface area (Å²) in [6.45, 7) is 0.409. The van der Waals surface area contributed by atoms with Crippen molar-refractivity contribution in [3.8, 4) is 0 Å². The molecule has 0 aromatic rings. The molecule has 1 aliphatic heterocycles. The van der Waals surface area contributed by atoms with Gasteiger partial charge < -0.3 is 15.4 Å². The number of methoxy groups -OCH3 is 1. The number of alkyl carbamates (subject to hydrolysis) is 1. The van der Waals surface area contributed by atoms with Crippen molar-refractivity contribution < 1.29 is 19.1 Å². The zero-order valence-corrected chi connectivity index (χ0v) is 8.33. The van der Waals surface area contributed by atoms with E-state index in [1.807, 2.05) is 0 Å². The Hall–Kier alpha value is -1.79. The van der Waals surface area contributed by atoms with Crippen LogP contribution in [0, 0.1) is 0 Å². The fraction of sp³-hybridized carbons (Fsp3) is 0.625. The number of urea groups is 1. The van der Waals surface area contributed by atoms with Crippen molar-refractivity contribution in [1.29, 1.82) is 0 Å². The van der Waals surface area contributed by atoms with Gasteiger partial charge in [0.05, 0.1) is 7.11 Å². The van der Waals surface area contributed by atoms with Crippen LogP contribution in [0.5, 0.6) is 0 Å². The van der Waals surface area contributed by atoms with Crippen LogP contribution in [0.4, 0.5) is 9.59 Å². The van der Waals surface area contributed by atoms with Crippen molar-refractivity contribution in [1.82, 2.24) is 16.0 Å². The Bertz CT molecular complexity index is 279. The first-order chi connectivity index (χ1) is 7.13. The van der Waals surface area contributed by atoms with Gasteiger partial charge in [0.25, 0.3) is 5.91 Å². The number of hydrogen-bond acceptors (Lipinski definition) is 4. The molecule has 0 aliphatic carbocycles. The second kappa shape index (κ2) is 5.18. The molecule has 3 N–H and O–H groups in total. The van der Waals surface area contributed by atoms with Gasteiger partial charge in [-0.15, -0.1) is 0 Å². The van der Waals surface area contributed by atoms with Crippen molar-refractivity contribution in [3.05, 3.63) is 0 Å². The molecule has 4 amide bonds. The molecule has 7 nitrogen and oxygen atoms in total. The Kier molecular flexibility index (Phi) is 3.90. The van der Waals surface area contributed by atoms with Crippen LogP contribution in [0.3, 0.4) is 0 Å². The summed E-state index contributed by atoms with van der Waals surface area (Å²) in [6.07, 6.45) is 0.574. The van der Waals surface area contributed by atoms with E-state index < -0.39 is 18.2 Å². The molecule has 1 unspecified atom stereocenters. The molecule has 1 aliphatic rings. The topological polar surface area (TPSA) is 96.5 Å². The Balaban J connectivity index is 2.13. The lowest BCUT2D eigenvalue weighted by Crippen LogP contribution is -2.31. The van der Waals surface area contributed by atoms with E-state index >= 15 is 0 Å². The summed E-state index contributed by atoms with van der Waals surface area (Å²) >= 11 is 0. The minimum Gasteiger partial charge on any atom is -0.453 e. The highest BCUT2D eigenvalue weighted by Gasteiger charge is 2.28. The van der Waals surface area contributed by atoms with Gasteiger partial charge in [0, 0.05) is 6.54 Å². The zero-order valence-electron chi connectivity index (χ0n) is 8.33. The largest absolute Gasteiger partial charge is 0.453 e. The number of carbonyl (C=O) groups excluding carboxylic acids is 3. The molecule has 0 bridgehead atoms. The van der Waals surface area contributed by atoms with Gasteiger partial charge in [0.15, 0.2) is 0 Å². The molecule has 0 saturated carbocycles. The number of ether oxygens (including phenoxy) is 1. The first-order valence-electron chi connectivity index (χ1n) is 4.56. The molecule has 0 aromatic carbocycles. The van der Waals surface area contributed by atoms with E-state index in [-0.39, 0.29) is 5.91 Å². The van der Waals surface area contributed by atoms with Gasteiger partial charge >= 0.3 is 12.1 Å². The third-order valence-electron chi connectivity index (χ3n) is 1.98. The Morgan fingerprint density at radius 3 is 2.80 bits per heavy atom. The summed E-state index contributed by atoms with van der Waals surface area (Å²) in [7, 11) is 1.28. The van der Waals surface area contributed by atoms with E-state index in [1.165, 1.54) is 7.11 Å². The fourth-order valence-electron chi connectivity index (χ4n) is 1.23. The third-order valence-corrected chi connectivity index (χ3v) is 1.98. The number of nitrogens with one attached hydrogen (secondary N) is 3. The van der Waals surface area contributed by atoms with Crippen molar-refractivity contribution in [2.75, 3.05) is 13.7 Å². The smallest absolute Gasteiger partial charge is 0.406 e. The summed E-state index contributed by atoms with van der Waals surface area (Å²) in [5, 5.41) is 7.07. The molecular weight excluding hydrogens is 202 g/mol. The quantitative estimate of drug-likeness (QED) is 0.428. The average molecular weight is 215 g/mol. The number of hydrogen-bond donors (Lipinski definition) is 3. The highest BCUT2D eigenvalue weighted by Crippen LogP contribution is 2.01. The Morgan fingerprint density at radius 1 is 1.53 bits per heavy atom. The van der Waals surface area contributed by atoms with Gasteiger partial charge in [-0.3, -0.25) is 10.1 Å². The second-order valence-electron chi connectivity index (χ2n) is 3.08. The monoisotopic (exact) mass is 215 g/mol. The molecule has 0 radical (unpaired) electrons. The minimum absolute atomic E-state index is 0.321. The van der Waals surface area contributed by atoms with Crippen LogP contribution in [-0.2, 0) is 9.53 Å². The van der Waals surface area contributed by atoms with Gasteiger partial charge in [-0.25, -0.2) is 9.59 Å². The SMILES string of the molecule is COC(=O)NCCCC1NC(=O)NC1=O. The zero-order chi connectivity index (χ0) is 11.3. The molecule has 1 heterocycles. The summed E-state index contributed by atoms with van der Waals surface area (Å²) in [4.78, 5) is 32.4. The highest BCUT2D eigenvalue weighted by atomic mass is 16.5. The van der Waals surface area contributed by atoms with Crippen LogP contribution < -0.4 is 16.0 Å². The van der Waals surface area contributed by atoms with Gasteiger partial charge in [-0.05, 0) is 12.8 Å². The van der Waals surface area contributed by atoms with Crippen LogP contribution >= 0.6 is 0 Å². The van der Waals surface area contributed by atoms with E-state index in [0.29, 0.717) is 19.4 Å². The second-order valence-corrected chi connectivity index (χ2v) is 3.08. The summed E-state index contributed by atoms with van der Waals surface area (Å²) in [6, 6.07) is -0.956. The maximum Gasteiger partial charge on any atom is 0.406 e. The summed E-state index contributed by atoms with van der Waals surface area (Å²) in [5.74, 6) is -0.321. The lowest BCUT2D eigenvalue weighted by molar-refractivity contribution is -0.120. The predicted octanol–water partition coefficient (Wildman–Crippen LogP) is -0.669. The Morgan fingerprint density at radius 2 is 2.27 bits per heavy atom. The molecule has 0 aromatic heterocycles. The van der Waals surface area contributed by atoms with Crippen LogP contribution in [0.1, 0.15) is 12.8 Å². The minimum atomic E-state index is -0.505. The maximum atomic E-state index is 11.1. The number of imide groups is 1. The average Bonchev–Trinajstić information content (AvgIpc) is 2.52. The summed E-state index contributed by atoms with van der Waals surface area (Å²) in [5.41, 5.74) is 0. The first-order valence-corrected chi connectivity index (χ1v) is 4.56. The van der Waals surface area contributed by atoms with Gasteiger partial charge in [-0.2, -0.15) is 0 Å². The van der Waals surface area contributed by atoms with Gasteiger partial charge in [-0.1, -0.05) is 0 Å². The molecule has 1 rings (SSSR count). The standard InChI is InChI=1S/C8H13N3O4/c1-15-8(14)9-4-2-3-5-6(12)11-7(13)10-5/h5H,2-4H2,1H3,(H,9,14)(H2,10,11,12,13). The lowest BCUT2D eigenvalue weighted by atomic mass is 10.1. The number of carbonyl (C=O) groups is 3. The highest BCUT2D eigenvalue weighted by molar-refractivity contribution is 6.04. The van der Waals surface area contributed by atoms with Crippen molar-refractivity contribution in [2.45, 2.75) is 18.9 Å². The van der Waals surface area contributed by atoms with E-state index in [9.17, 15) is 14.4 Å².